The van der Waals surface area contributed by atoms with E-state index in [1.165, 1.54) is 12.1 Å². The fourth-order valence-electron chi connectivity index (χ4n) is 3.11. The molecule has 1 aliphatic rings. The highest BCUT2D eigenvalue weighted by Crippen LogP contribution is 2.15. The Morgan fingerprint density at radius 2 is 1.85 bits per heavy atom. The van der Waals surface area contributed by atoms with Crippen molar-refractivity contribution in [3.8, 4) is 5.75 Å². The third-order valence-corrected chi connectivity index (χ3v) is 4.60. The number of hydrogen-bond donors (Lipinski definition) is 2. The summed E-state index contributed by atoms with van der Waals surface area (Å²) in [6, 6.07) is 6.50. The van der Waals surface area contributed by atoms with Gasteiger partial charge in [0.2, 0.25) is 0 Å². The number of urea groups is 1. The van der Waals surface area contributed by atoms with Crippen LogP contribution in [0.1, 0.15) is 19.4 Å². The summed E-state index contributed by atoms with van der Waals surface area (Å²) < 4.78 is 34.0. The summed E-state index contributed by atoms with van der Waals surface area (Å²) in [6.07, 6.45) is 0.611. The number of benzene rings is 1. The molecular formula is C19H29F2N3O3. The van der Waals surface area contributed by atoms with Crippen LogP contribution in [0, 0.1) is 5.92 Å². The van der Waals surface area contributed by atoms with Crippen molar-refractivity contribution in [2.45, 2.75) is 32.9 Å². The van der Waals surface area contributed by atoms with Gasteiger partial charge in [-0.1, -0.05) is 26.0 Å². The van der Waals surface area contributed by atoms with Gasteiger partial charge < -0.3 is 20.1 Å². The van der Waals surface area contributed by atoms with Crippen molar-refractivity contribution in [2.75, 3.05) is 39.4 Å². The lowest BCUT2D eigenvalue weighted by Crippen LogP contribution is -2.52. The van der Waals surface area contributed by atoms with Gasteiger partial charge in [0.15, 0.2) is 0 Å². The highest BCUT2D eigenvalue weighted by atomic mass is 19.3. The molecule has 1 saturated heterocycles. The summed E-state index contributed by atoms with van der Waals surface area (Å²) in [7, 11) is 0. The van der Waals surface area contributed by atoms with Crippen LogP contribution < -0.4 is 15.4 Å². The number of carbonyl (C=O) groups is 1. The zero-order valence-corrected chi connectivity index (χ0v) is 15.9. The monoisotopic (exact) mass is 385 g/mol. The van der Waals surface area contributed by atoms with E-state index in [4.69, 9.17) is 4.74 Å². The molecule has 0 aliphatic carbocycles. The number of nitrogens with zero attached hydrogens (tertiary/aromatic N) is 1. The first-order valence-electron chi connectivity index (χ1n) is 9.33. The van der Waals surface area contributed by atoms with Gasteiger partial charge in [0, 0.05) is 32.2 Å². The minimum atomic E-state index is -2.83. The van der Waals surface area contributed by atoms with E-state index in [2.05, 4.69) is 34.1 Å². The molecule has 1 unspecified atom stereocenters. The molecule has 1 atom stereocenters. The third kappa shape index (κ3) is 7.68. The van der Waals surface area contributed by atoms with Gasteiger partial charge in [0.05, 0.1) is 13.2 Å². The molecule has 0 bridgehead atoms. The number of ether oxygens (including phenoxy) is 2. The van der Waals surface area contributed by atoms with Gasteiger partial charge in [-0.3, -0.25) is 4.90 Å². The van der Waals surface area contributed by atoms with E-state index in [1.807, 2.05) is 0 Å². The minimum Gasteiger partial charge on any atom is -0.435 e. The van der Waals surface area contributed by atoms with E-state index < -0.39 is 6.61 Å². The quantitative estimate of drug-likeness (QED) is 0.686. The highest BCUT2D eigenvalue weighted by Gasteiger charge is 2.24. The number of morpholine rings is 1. The van der Waals surface area contributed by atoms with E-state index in [1.54, 1.807) is 12.1 Å². The Kier molecular flexibility index (Phi) is 8.74. The standard InChI is InChI=1S/C19H29F2N3O3/c1-14(2)17(24-9-11-26-12-10-24)13-23-19(25)22-8-7-15-3-5-16(6-4-15)27-18(20)21/h3-6,14,17-18H,7-13H2,1-2H3,(H2,22,23,25). The van der Waals surface area contributed by atoms with E-state index >= 15 is 0 Å². The van der Waals surface area contributed by atoms with Gasteiger partial charge in [-0.15, -0.1) is 0 Å². The molecular weight excluding hydrogens is 356 g/mol. The van der Waals surface area contributed by atoms with Crippen molar-refractivity contribution in [3.05, 3.63) is 29.8 Å². The molecule has 27 heavy (non-hydrogen) atoms. The van der Waals surface area contributed by atoms with Gasteiger partial charge in [0.1, 0.15) is 5.75 Å². The molecule has 0 radical (unpaired) electrons. The van der Waals surface area contributed by atoms with Crippen molar-refractivity contribution in [1.29, 1.82) is 0 Å². The van der Waals surface area contributed by atoms with Gasteiger partial charge in [-0.05, 0) is 30.0 Å². The zero-order chi connectivity index (χ0) is 19.6. The van der Waals surface area contributed by atoms with Crippen molar-refractivity contribution in [2.24, 2.45) is 5.92 Å². The van der Waals surface area contributed by atoms with Gasteiger partial charge in [-0.2, -0.15) is 8.78 Å². The topological polar surface area (TPSA) is 62.8 Å². The molecule has 1 aromatic carbocycles. The zero-order valence-electron chi connectivity index (χ0n) is 15.9. The van der Waals surface area contributed by atoms with Crippen LogP contribution in [-0.4, -0.2) is 63.0 Å². The first-order chi connectivity index (χ1) is 13.0. The maximum absolute atomic E-state index is 12.1. The molecule has 1 aliphatic heterocycles. The molecule has 2 N–H and O–H groups in total. The smallest absolute Gasteiger partial charge is 0.387 e. The number of carbonyl (C=O) groups excluding carboxylic acids is 1. The fraction of sp³-hybridized carbons (Fsp3) is 0.632. The molecule has 1 aromatic rings. The molecule has 0 aromatic heterocycles. The summed E-state index contributed by atoms with van der Waals surface area (Å²) in [4.78, 5) is 14.4. The van der Waals surface area contributed by atoms with E-state index in [0.29, 0.717) is 25.4 Å². The molecule has 152 valence electrons. The second-order valence-corrected chi connectivity index (χ2v) is 6.87. The van der Waals surface area contributed by atoms with Crippen LogP contribution in [0.4, 0.5) is 13.6 Å². The van der Waals surface area contributed by atoms with Crippen molar-refractivity contribution in [1.82, 2.24) is 15.5 Å². The number of rotatable bonds is 9. The van der Waals surface area contributed by atoms with Crippen LogP contribution in [0.5, 0.6) is 5.75 Å². The summed E-state index contributed by atoms with van der Waals surface area (Å²) in [5, 5.41) is 5.77. The molecule has 1 heterocycles. The molecule has 6 nitrogen and oxygen atoms in total. The Bertz CT molecular complexity index is 564. The predicted octanol–water partition coefficient (Wildman–Crippen LogP) is 2.49. The van der Waals surface area contributed by atoms with Crippen LogP contribution in [0.25, 0.3) is 0 Å². The summed E-state index contributed by atoms with van der Waals surface area (Å²) >= 11 is 0. The summed E-state index contributed by atoms with van der Waals surface area (Å²) in [5.41, 5.74) is 0.935. The molecule has 0 spiro atoms. The number of hydrogen-bond acceptors (Lipinski definition) is 4. The SMILES string of the molecule is CC(C)C(CNC(=O)NCCc1ccc(OC(F)F)cc1)N1CCOCC1. The van der Waals surface area contributed by atoms with E-state index in [0.717, 1.165) is 31.9 Å². The Hall–Kier alpha value is -1.93. The van der Waals surface area contributed by atoms with Gasteiger partial charge in [0.25, 0.3) is 0 Å². The molecule has 2 amide bonds. The average molecular weight is 385 g/mol. The van der Waals surface area contributed by atoms with Crippen LogP contribution in [0.3, 0.4) is 0 Å². The lowest BCUT2D eigenvalue weighted by Gasteiger charge is -2.36. The molecule has 8 heteroatoms. The first kappa shape index (κ1) is 21.4. The number of amides is 2. The van der Waals surface area contributed by atoms with Crippen molar-refractivity contribution in [3.63, 3.8) is 0 Å². The second-order valence-electron chi connectivity index (χ2n) is 6.87. The Morgan fingerprint density at radius 1 is 1.19 bits per heavy atom. The van der Waals surface area contributed by atoms with Crippen LogP contribution in [0.2, 0.25) is 0 Å². The third-order valence-electron chi connectivity index (χ3n) is 4.60. The molecule has 1 fully saturated rings. The predicted molar refractivity (Wildman–Crippen MR) is 99.2 cm³/mol. The van der Waals surface area contributed by atoms with Crippen LogP contribution >= 0.6 is 0 Å². The van der Waals surface area contributed by atoms with Crippen molar-refractivity contribution >= 4 is 6.03 Å². The number of nitrogens with one attached hydrogen (secondary N) is 2. The molecule has 2 rings (SSSR count). The largest absolute Gasteiger partial charge is 0.435 e. The maximum Gasteiger partial charge on any atom is 0.387 e. The number of alkyl halides is 2. The second kappa shape index (κ2) is 11.0. The van der Waals surface area contributed by atoms with E-state index in [-0.39, 0.29) is 17.8 Å². The summed E-state index contributed by atoms with van der Waals surface area (Å²) in [6.45, 7) is 5.77. The minimum absolute atomic E-state index is 0.127. The average Bonchev–Trinajstić information content (AvgIpc) is 2.63. The fourth-order valence-corrected chi connectivity index (χ4v) is 3.11. The van der Waals surface area contributed by atoms with E-state index in [9.17, 15) is 13.6 Å². The Labute approximate surface area is 159 Å². The van der Waals surface area contributed by atoms with Crippen molar-refractivity contribution < 1.29 is 23.0 Å². The first-order valence-corrected chi connectivity index (χ1v) is 9.33. The number of halogens is 2. The Morgan fingerprint density at radius 3 is 2.44 bits per heavy atom. The van der Waals surface area contributed by atoms with Gasteiger partial charge >= 0.3 is 12.6 Å². The lowest BCUT2D eigenvalue weighted by atomic mass is 10.0. The Balaban J connectivity index is 1.69. The highest BCUT2D eigenvalue weighted by molar-refractivity contribution is 5.73. The summed E-state index contributed by atoms with van der Waals surface area (Å²) in [5.74, 6) is 0.555. The van der Waals surface area contributed by atoms with Crippen LogP contribution in [-0.2, 0) is 11.2 Å². The van der Waals surface area contributed by atoms with Crippen LogP contribution in [0.15, 0.2) is 24.3 Å². The maximum atomic E-state index is 12.1. The lowest BCUT2D eigenvalue weighted by molar-refractivity contribution is -0.0498. The normalized spacial score (nSPS) is 16.4. The van der Waals surface area contributed by atoms with Gasteiger partial charge in [-0.25, -0.2) is 4.79 Å². The molecule has 0 saturated carbocycles.